The normalized spacial score (nSPS) is 21.8. The van der Waals surface area contributed by atoms with Crippen LogP contribution < -0.4 is 10.6 Å². The molecule has 1 unspecified atom stereocenters. The molecule has 180 valence electrons. The minimum atomic E-state index is -4.55. The third-order valence-electron chi connectivity index (χ3n) is 5.76. The van der Waals surface area contributed by atoms with Gasteiger partial charge in [-0.2, -0.15) is 13.2 Å². The maximum absolute atomic E-state index is 12.9. The Labute approximate surface area is 191 Å². The minimum Gasteiger partial charge on any atom is -0.381 e. The van der Waals surface area contributed by atoms with Crippen molar-refractivity contribution in [2.75, 3.05) is 39.5 Å². The van der Waals surface area contributed by atoms with E-state index in [0.29, 0.717) is 32.3 Å². The van der Waals surface area contributed by atoms with Gasteiger partial charge in [0.05, 0.1) is 24.3 Å². The van der Waals surface area contributed by atoms with Gasteiger partial charge in [-0.3, -0.25) is 14.5 Å². The molecule has 0 aromatic heterocycles. The van der Waals surface area contributed by atoms with Crippen LogP contribution in [0.2, 0.25) is 0 Å². The molecule has 0 bridgehead atoms. The van der Waals surface area contributed by atoms with E-state index in [9.17, 15) is 22.8 Å². The highest BCUT2D eigenvalue weighted by Gasteiger charge is 2.38. The number of hydrogen-bond acceptors (Lipinski definition) is 5. The Balaban J connectivity index is 1.55. The molecule has 2 aliphatic rings. The van der Waals surface area contributed by atoms with Gasteiger partial charge >= 0.3 is 6.18 Å². The van der Waals surface area contributed by atoms with Crippen molar-refractivity contribution >= 4 is 11.8 Å². The summed E-state index contributed by atoms with van der Waals surface area (Å²) in [6.45, 7) is 4.27. The van der Waals surface area contributed by atoms with Crippen LogP contribution in [0.15, 0.2) is 24.3 Å². The largest absolute Gasteiger partial charge is 0.416 e. The quantitative estimate of drug-likeness (QED) is 0.599. The SMILES string of the molecule is CC#CCOC1CN(C2CCOCC2)C[C@H]1NC(=O)CNC(=O)c1cccc(C(F)(F)F)c1. The van der Waals surface area contributed by atoms with E-state index in [1.807, 2.05) is 0 Å². The lowest BCUT2D eigenvalue weighted by atomic mass is 10.1. The van der Waals surface area contributed by atoms with Gasteiger partial charge in [0.15, 0.2) is 0 Å². The Hall–Kier alpha value is -2.61. The van der Waals surface area contributed by atoms with Crippen LogP contribution in [-0.2, 0) is 20.4 Å². The van der Waals surface area contributed by atoms with Crippen LogP contribution in [0, 0.1) is 11.8 Å². The zero-order valence-corrected chi connectivity index (χ0v) is 18.4. The van der Waals surface area contributed by atoms with Gasteiger partial charge in [-0.25, -0.2) is 0 Å². The third kappa shape index (κ3) is 7.19. The van der Waals surface area contributed by atoms with Gasteiger partial charge < -0.3 is 20.1 Å². The van der Waals surface area contributed by atoms with Crippen LogP contribution in [0.3, 0.4) is 0 Å². The van der Waals surface area contributed by atoms with E-state index in [1.54, 1.807) is 6.92 Å². The molecule has 2 heterocycles. The number of ether oxygens (including phenoxy) is 2. The second kappa shape index (κ2) is 11.5. The fourth-order valence-electron chi connectivity index (χ4n) is 4.04. The number of hydrogen-bond donors (Lipinski definition) is 2. The number of alkyl halides is 3. The molecule has 33 heavy (non-hydrogen) atoms. The van der Waals surface area contributed by atoms with E-state index < -0.39 is 23.6 Å². The van der Waals surface area contributed by atoms with Gasteiger partial charge in [0.1, 0.15) is 6.61 Å². The fraction of sp³-hybridized carbons (Fsp3) is 0.565. The predicted octanol–water partition coefficient (Wildman–Crippen LogP) is 1.82. The Kier molecular flexibility index (Phi) is 8.72. The Morgan fingerprint density at radius 1 is 1.24 bits per heavy atom. The summed E-state index contributed by atoms with van der Waals surface area (Å²) in [7, 11) is 0. The highest BCUT2D eigenvalue weighted by Crippen LogP contribution is 2.29. The third-order valence-corrected chi connectivity index (χ3v) is 5.76. The van der Waals surface area contributed by atoms with Crippen molar-refractivity contribution in [2.24, 2.45) is 0 Å². The number of nitrogens with zero attached hydrogens (tertiary/aromatic N) is 1. The van der Waals surface area contributed by atoms with Gasteiger partial charge in [0, 0.05) is 37.9 Å². The van der Waals surface area contributed by atoms with Crippen molar-refractivity contribution in [2.45, 2.75) is 44.1 Å². The maximum Gasteiger partial charge on any atom is 0.416 e. The number of nitrogens with one attached hydrogen (secondary N) is 2. The van der Waals surface area contributed by atoms with E-state index in [2.05, 4.69) is 27.4 Å². The molecule has 1 aromatic rings. The number of likely N-dealkylation sites (tertiary alicyclic amines) is 1. The summed E-state index contributed by atoms with van der Waals surface area (Å²) < 4.78 is 49.9. The van der Waals surface area contributed by atoms with E-state index in [1.165, 1.54) is 6.07 Å². The molecule has 2 atom stereocenters. The topological polar surface area (TPSA) is 79.9 Å². The molecule has 2 N–H and O–H groups in total. The number of rotatable bonds is 7. The molecule has 10 heteroatoms. The van der Waals surface area contributed by atoms with Crippen molar-refractivity contribution in [1.29, 1.82) is 0 Å². The van der Waals surface area contributed by atoms with Gasteiger partial charge in [-0.05, 0) is 38.0 Å². The summed E-state index contributed by atoms with van der Waals surface area (Å²) in [5.74, 6) is 4.44. The summed E-state index contributed by atoms with van der Waals surface area (Å²) in [6, 6.07) is 4.13. The molecule has 2 amide bonds. The first kappa shape index (κ1) is 25.0. The predicted molar refractivity (Wildman–Crippen MR) is 114 cm³/mol. The molecular formula is C23H28F3N3O4. The second-order valence-electron chi connectivity index (χ2n) is 8.01. The number of carbonyl (C=O) groups excluding carboxylic acids is 2. The summed E-state index contributed by atoms with van der Waals surface area (Å²) in [5.41, 5.74) is -1.09. The van der Waals surface area contributed by atoms with E-state index >= 15 is 0 Å². The van der Waals surface area contributed by atoms with Crippen LogP contribution in [-0.4, -0.2) is 74.4 Å². The molecule has 3 rings (SSSR count). The molecule has 7 nitrogen and oxygen atoms in total. The lowest BCUT2D eigenvalue weighted by molar-refractivity contribution is -0.137. The van der Waals surface area contributed by atoms with Crippen LogP contribution >= 0.6 is 0 Å². The summed E-state index contributed by atoms with van der Waals surface area (Å²) >= 11 is 0. The monoisotopic (exact) mass is 467 g/mol. The first-order chi connectivity index (χ1) is 15.8. The first-order valence-electron chi connectivity index (χ1n) is 10.9. The molecule has 2 aliphatic heterocycles. The highest BCUT2D eigenvalue weighted by atomic mass is 19.4. The van der Waals surface area contributed by atoms with Crippen molar-refractivity contribution in [3.05, 3.63) is 35.4 Å². The van der Waals surface area contributed by atoms with Crippen molar-refractivity contribution in [3.63, 3.8) is 0 Å². The average molecular weight is 467 g/mol. The molecule has 2 fully saturated rings. The zero-order chi connectivity index (χ0) is 23.8. The van der Waals surface area contributed by atoms with Gasteiger partial charge in [-0.1, -0.05) is 12.0 Å². The lowest BCUT2D eigenvalue weighted by Crippen LogP contribution is -2.48. The molecule has 0 radical (unpaired) electrons. The smallest absolute Gasteiger partial charge is 0.381 e. The summed E-state index contributed by atoms with van der Waals surface area (Å²) in [6.07, 6.45) is -2.98. The van der Waals surface area contributed by atoms with Crippen molar-refractivity contribution in [3.8, 4) is 11.8 Å². The second-order valence-corrected chi connectivity index (χ2v) is 8.01. The van der Waals surface area contributed by atoms with Crippen molar-refractivity contribution in [1.82, 2.24) is 15.5 Å². The number of halogens is 3. The van der Waals surface area contributed by atoms with Gasteiger partial charge in [0.25, 0.3) is 5.91 Å². The highest BCUT2D eigenvalue weighted by molar-refractivity contribution is 5.96. The van der Waals surface area contributed by atoms with Crippen LogP contribution in [0.5, 0.6) is 0 Å². The molecule has 0 aliphatic carbocycles. The lowest BCUT2D eigenvalue weighted by Gasteiger charge is -2.30. The molecule has 0 spiro atoms. The molecule has 0 saturated carbocycles. The summed E-state index contributed by atoms with van der Waals surface area (Å²) in [5, 5.41) is 5.27. The van der Waals surface area contributed by atoms with E-state index in [0.717, 1.165) is 31.0 Å². The maximum atomic E-state index is 12.9. The molecular weight excluding hydrogens is 439 g/mol. The molecule has 1 aromatic carbocycles. The van der Waals surface area contributed by atoms with Gasteiger partial charge in [0.2, 0.25) is 5.91 Å². The van der Waals surface area contributed by atoms with Crippen molar-refractivity contribution < 1.29 is 32.2 Å². The summed E-state index contributed by atoms with van der Waals surface area (Å²) in [4.78, 5) is 27.0. The fourth-order valence-corrected chi connectivity index (χ4v) is 4.04. The Bertz CT molecular complexity index is 891. The number of carbonyl (C=O) groups is 2. The van der Waals surface area contributed by atoms with E-state index in [4.69, 9.17) is 9.47 Å². The first-order valence-corrected chi connectivity index (χ1v) is 10.9. The van der Waals surface area contributed by atoms with Crippen LogP contribution in [0.4, 0.5) is 13.2 Å². The molecule has 2 saturated heterocycles. The van der Waals surface area contributed by atoms with Gasteiger partial charge in [-0.15, -0.1) is 5.92 Å². The van der Waals surface area contributed by atoms with E-state index in [-0.39, 0.29) is 30.9 Å². The van der Waals surface area contributed by atoms with Crippen LogP contribution in [0.1, 0.15) is 35.7 Å². The Morgan fingerprint density at radius 3 is 2.70 bits per heavy atom. The standard InChI is InChI=1S/C23H28F3N3O4/c1-2-3-9-33-20-15-29(18-7-10-32-11-8-18)14-19(20)28-21(30)13-27-22(31)16-5-4-6-17(12-16)23(24,25)26/h4-6,12,18-20H,7-11,13-15H2,1H3,(H,27,31)(H,28,30)/t19-,20?/m1/s1. The average Bonchev–Trinajstić information content (AvgIpc) is 3.20. The number of amides is 2. The number of benzene rings is 1. The van der Waals surface area contributed by atoms with Crippen LogP contribution in [0.25, 0.3) is 0 Å². The zero-order valence-electron chi connectivity index (χ0n) is 18.4. The minimum absolute atomic E-state index is 0.163. The Morgan fingerprint density at radius 2 is 2.00 bits per heavy atom.